The number of hydrogen-bond acceptors (Lipinski definition) is 8. The number of hydrogen-bond donors (Lipinski definition) is 1. The molecule has 2 aromatic carbocycles. The molecule has 0 aliphatic carbocycles. The number of benzene rings is 2. The predicted octanol–water partition coefficient (Wildman–Crippen LogP) is 5.24. The third-order valence-electron chi connectivity index (χ3n) is 6.55. The second kappa shape index (κ2) is 12.0. The Labute approximate surface area is 221 Å². The number of aliphatic hydroxyl groups is 1. The Bertz CT molecular complexity index is 1340. The Morgan fingerprint density at radius 2 is 1.79 bits per heavy atom. The first kappa shape index (κ1) is 27.1. The average Bonchev–Trinajstić information content (AvgIpc) is 3.48. The van der Waals surface area contributed by atoms with Gasteiger partial charge in [-0.1, -0.05) is 38.0 Å². The number of unbranched alkanes of at least 4 members (excludes halogenated alkanes) is 2. The van der Waals surface area contributed by atoms with E-state index in [1.165, 1.54) is 26.2 Å². The topological polar surface area (TPSA) is 108 Å². The third-order valence-corrected chi connectivity index (χ3v) is 6.55. The number of para-hydroxylation sites is 1. The Hall–Kier alpha value is -3.98. The number of carbonyl (C=O) groups is 2. The van der Waals surface area contributed by atoms with Crippen molar-refractivity contribution in [2.75, 3.05) is 41.1 Å². The summed E-state index contributed by atoms with van der Waals surface area (Å²) in [5.74, 6) is -0.404. The summed E-state index contributed by atoms with van der Waals surface area (Å²) >= 11 is 0. The van der Waals surface area contributed by atoms with Gasteiger partial charge in [-0.3, -0.25) is 9.59 Å². The molecule has 1 aliphatic rings. The van der Waals surface area contributed by atoms with Crippen LogP contribution in [0, 0.1) is 0 Å². The van der Waals surface area contributed by atoms with E-state index in [0.717, 1.165) is 19.3 Å². The summed E-state index contributed by atoms with van der Waals surface area (Å²) in [5, 5.41) is 11.6. The standard InChI is InChI=1S/C29H33NO8/c1-5-6-7-14-37-20-12-11-18(16-22(20)36-4)25-24(27(32)29(33)30(25)13-15-34-2)26(31)23-17-19-9-8-10-21(35-3)28(19)38-23/h8-12,16-17,25,32H,5-7,13-15H2,1-4H3. The fourth-order valence-electron chi connectivity index (χ4n) is 4.60. The van der Waals surface area contributed by atoms with E-state index in [0.29, 0.717) is 40.4 Å². The minimum absolute atomic E-state index is 0.0136. The summed E-state index contributed by atoms with van der Waals surface area (Å²) in [6, 6.07) is 11.2. The van der Waals surface area contributed by atoms with Crippen molar-refractivity contribution >= 4 is 22.7 Å². The van der Waals surface area contributed by atoms with Gasteiger partial charge in [-0.25, -0.2) is 0 Å². The number of nitrogens with zero attached hydrogens (tertiary/aromatic N) is 1. The maximum absolute atomic E-state index is 13.8. The van der Waals surface area contributed by atoms with E-state index in [-0.39, 0.29) is 24.5 Å². The maximum atomic E-state index is 13.8. The molecule has 9 heteroatoms. The molecule has 0 saturated carbocycles. The molecule has 3 aromatic rings. The van der Waals surface area contributed by atoms with Gasteiger partial charge in [-0.2, -0.15) is 0 Å². The fraction of sp³-hybridized carbons (Fsp3) is 0.379. The van der Waals surface area contributed by atoms with Crippen molar-refractivity contribution in [3.05, 3.63) is 65.1 Å². The van der Waals surface area contributed by atoms with Crippen LogP contribution in [0.1, 0.15) is 48.3 Å². The van der Waals surface area contributed by atoms with Crippen LogP contribution in [0.5, 0.6) is 17.2 Å². The lowest BCUT2D eigenvalue weighted by molar-refractivity contribution is -0.130. The van der Waals surface area contributed by atoms with Gasteiger partial charge in [0.2, 0.25) is 5.78 Å². The van der Waals surface area contributed by atoms with Crippen molar-refractivity contribution in [3.63, 3.8) is 0 Å². The molecule has 1 N–H and O–H groups in total. The van der Waals surface area contributed by atoms with Crippen LogP contribution in [-0.4, -0.2) is 62.8 Å². The SMILES string of the molecule is CCCCCOc1ccc(C2C(C(=O)c3cc4cccc(OC)c4o3)=C(O)C(=O)N2CCOC)cc1OC. The summed E-state index contributed by atoms with van der Waals surface area (Å²) in [5.41, 5.74) is 0.901. The lowest BCUT2D eigenvalue weighted by atomic mass is 9.94. The van der Waals surface area contributed by atoms with Crippen LogP contribution >= 0.6 is 0 Å². The molecule has 1 unspecified atom stereocenters. The first-order valence-electron chi connectivity index (χ1n) is 12.6. The zero-order valence-electron chi connectivity index (χ0n) is 22.1. The number of Topliss-reactive ketones (excluding diaryl/α,β-unsaturated/α-hetero) is 1. The first-order chi connectivity index (χ1) is 18.4. The van der Waals surface area contributed by atoms with E-state index >= 15 is 0 Å². The number of amides is 1. The van der Waals surface area contributed by atoms with Crippen LogP contribution in [0.3, 0.4) is 0 Å². The smallest absolute Gasteiger partial charge is 0.290 e. The molecule has 1 aromatic heterocycles. The summed E-state index contributed by atoms with van der Waals surface area (Å²) in [6.07, 6.45) is 3.06. The van der Waals surface area contributed by atoms with E-state index in [9.17, 15) is 14.7 Å². The van der Waals surface area contributed by atoms with E-state index in [1.54, 1.807) is 42.5 Å². The molecule has 9 nitrogen and oxygen atoms in total. The van der Waals surface area contributed by atoms with Crippen molar-refractivity contribution in [3.8, 4) is 17.2 Å². The minimum Gasteiger partial charge on any atom is -0.503 e. The molecular formula is C29H33NO8. The van der Waals surface area contributed by atoms with Crippen LogP contribution in [0.4, 0.5) is 0 Å². The van der Waals surface area contributed by atoms with Crippen LogP contribution in [-0.2, 0) is 9.53 Å². The van der Waals surface area contributed by atoms with Crippen molar-refractivity contribution in [2.24, 2.45) is 0 Å². The van der Waals surface area contributed by atoms with Gasteiger partial charge < -0.3 is 33.4 Å². The fourth-order valence-corrected chi connectivity index (χ4v) is 4.60. The number of ketones is 1. The van der Waals surface area contributed by atoms with E-state index in [1.807, 2.05) is 0 Å². The maximum Gasteiger partial charge on any atom is 0.290 e. The van der Waals surface area contributed by atoms with E-state index < -0.39 is 23.5 Å². The van der Waals surface area contributed by atoms with Crippen molar-refractivity contribution < 1.29 is 38.1 Å². The minimum atomic E-state index is -0.886. The molecule has 1 aliphatic heterocycles. The molecule has 0 fully saturated rings. The van der Waals surface area contributed by atoms with Gasteiger partial charge >= 0.3 is 0 Å². The first-order valence-corrected chi connectivity index (χ1v) is 12.6. The number of methoxy groups -OCH3 is 3. The van der Waals surface area contributed by atoms with Crippen LogP contribution in [0.2, 0.25) is 0 Å². The lowest BCUT2D eigenvalue weighted by Crippen LogP contribution is -2.34. The highest BCUT2D eigenvalue weighted by Crippen LogP contribution is 2.42. The summed E-state index contributed by atoms with van der Waals surface area (Å²) in [4.78, 5) is 28.3. The van der Waals surface area contributed by atoms with E-state index in [4.69, 9.17) is 23.4 Å². The van der Waals surface area contributed by atoms with Gasteiger partial charge in [0.25, 0.3) is 5.91 Å². The van der Waals surface area contributed by atoms with Crippen LogP contribution in [0.15, 0.2) is 58.2 Å². The highest BCUT2D eigenvalue weighted by molar-refractivity contribution is 6.16. The molecule has 38 heavy (non-hydrogen) atoms. The van der Waals surface area contributed by atoms with E-state index in [2.05, 4.69) is 6.92 Å². The van der Waals surface area contributed by atoms with Gasteiger partial charge in [-0.15, -0.1) is 0 Å². The molecule has 2 heterocycles. The predicted molar refractivity (Wildman–Crippen MR) is 141 cm³/mol. The zero-order valence-corrected chi connectivity index (χ0v) is 22.1. The van der Waals surface area contributed by atoms with Gasteiger partial charge in [0, 0.05) is 19.0 Å². The Morgan fingerprint density at radius 1 is 1.00 bits per heavy atom. The molecule has 1 amide bonds. The van der Waals surface area contributed by atoms with Gasteiger partial charge in [0.15, 0.2) is 34.4 Å². The summed E-state index contributed by atoms with van der Waals surface area (Å²) in [6.45, 7) is 3.05. The monoisotopic (exact) mass is 523 g/mol. The number of carbonyl (C=O) groups excluding carboxylic acids is 2. The summed E-state index contributed by atoms with van der Waals surface area (Å²) in [7, 11) is 4.56. The Morgan fingerprint density at radius 3 is 2.50 bits per heavy atom. The normalized spacial score (nSPS) is 15.4. The molecule has 0 spiro atoms. The quantitative estimate of drug-likeness (QED) is 0.239. The Balaban J connectivity index is 1.74. The van der Waals surface area contributed by atoms with Gasteiger partial charge in [-0.05, 0) is 36.2 Å². The average molecular weight is 524 g/mol. The second-order valence-electron chi connectivity index (χ2n) is 8.94. The van der Waals surface area contributed by atoms with Gasteiger partial charge in [0.05, 0.1) is 39.0 Å². The number of rotatable bonds is 13. The number of fused-ring (bicyclic) bond motifs is 1. The largest absolute Gasteiger partial charge is 0.503 e. The zero-order chi connectivity index (χ0) is 27.2. The Kier molecular flexibility index (Phi) is 8.58. The molecule has 4 rings (SSSR count). The highest BCUT2D eigenvalue weighted by Gasteiger charge is 2.44. The third kappa shape index (κ3) is 5.19. The molecule has 1 atom stereocenters. The molecule has 0 saturated heterocycles. The molecule has 202 valence electrons. The number of ether oxygens (including phenoxy) is 4. The van der Waals surface area contributed by atoms with Crippen molar-refractivity contribution in [2.45, 2.75) is 32.2 Å². The van der Waals surface area contributed by atoms with Crippen LogP contribution < -0.4 is 14.2 Å². The molecule has 0 radical (unpaired) electrons. The van der Waals surface area contributed by atoms with Crippen molar-refractivity contribution in [1.29, 1.82) is 0 Å². The molecular weight excluding hydrogens is 490 g/mol. The summed E-state index contributed by atoms with van der Waals surface area (Å²) < 4.78 is 27.9. The second-order valence-corrected chi connectivity index (χ2v) is 8.94. The van der Waals surface area contributed by atoms with Gasteiger partial charge in [0.1, 0.15) is 0 Å². The van der Waals surface area contributed by atoms with Crippen molar-refractivity contribution in [1.82, 2.24) is 4.90 Å². The number of aliphatic hydroxyl groups excluding tert-OH is 1. The lowest BCUT2D eigenvalue weighted by Gasteiger charge is -2.27. The van der Waals surface area contributed by atoms with Crippen LogP contribution in [0.25, 0.3) is 11.0 Å². The highest BCUT2D eigenvalue weighted by atomic mass is 16.5. The number of furan rings is 1. The molecule has 0 bridgehead atoms.